The molecule has 0 saturated heterocycles. The van der Waals surface area contributed by atoms with Crippen LogP contribution in [0.2, 0.25) is 0 Å². The molecule has 1 aliphatic carbocycles. The maximum Gasteiger partial charge on any atom is 0.317 e. The Morgan fingerprint density at radius 1 is 1.33 bits per heavy atom. The minimum Gasteiger partial charge on any atom is -0.481 e. The molecule has 0 bridgehead atoms. The summed E-state index contributed by atoms with van der Waals surface area (Å²) in [6, 6.07) is 0. The quantitative estimate of drug-likeness (QED) is 0.574. The van der Waals surface area contributed by atoms with Gasteiger partial charge in [-0.3, -0.25) is 9.59 Å². The lowest BCUT2D eigenvalue weighted by atomic mass is 9.88. The fraction of sp³-hybridized carbons (Fsp3) is 0.818. The van der Waals surface area contributed by atoms with Crippen molar-refractivity contribution < 1.29 is 19.4 Å². The standard InChI is InChI=1S/C11H18O4/c1-8(2)11(5-3-4-6-11)15-10(14)7-9(12)13/h8H,3-7H2,1-2H3,(H,12,13). The Morgan fingerprint density at radius 2 is 1.87 bits per heavy atom. The van der Waals surface area contributed by atoms with E-state index in [0.29, 0.717) is 0 Å². The number of carbonyl (C=O) groups excluding carboxylic acids is 1. The second kappa shape index (κ2) is 4.64. The minimum atomic E-state index is -1.13. The van der Waals surface area contributed by atoms with Gasteiger partial charge in [-0.15, -0.1) is 0 Å². The monoisotopic (exact) mass is 214 g/mol. The van der Waals surface area contributed by atoms with Crippen LogP contribution in [0.1, 0.15) is 46.0 Å². The molecule has 1 N–H and O–H groups in total. The first-order chi connectivity index (χ1) is 6.96. The van der Waals surface area contributed by atoms with E-state index in [0.717, 1.165) is 25.7 Å². The second-order valence-electron chi connectivity index (χ2n) is 4.47. The number of hydrogen-bond donors (Lipinski definition) is 1. The van der Waals surface area contributed by atoms with Gasteiger partial charge >= 0.3 is 11.9 Å². The van der Waals surface area contributed by atoms with Crippen LogP contribution in [0.25, 0.3) is 0 Å². The van der Waals surface area contributed by atoms with Crippen molar-refractivity contribution in [3.8, 4) is 0 Å². The SMILES string of the molecule is CC(C)C1(OC(=O)CC(=O)O)CCCC1. The maximum absolute atomic E-state index is 11.3. The molecule has 0 aromatic rings. The van der Waals surface area contributed by atoms with Crippen LogP contribution in [0, 0.1) is 5.92 Å². The van der Waals surface area contributed by atoms with Gasteiger partial charge in [0, 0.05) is 0 Å². The molecule has 0 aromatic carbocycles. The van der Waals surface area contributed by atoms with Crippen LogP contribution in [0.15, 0.2) is 0 Å². The second-order valence-corrected chi connectivity index (χ2v) is 4.47. The number of carboxylic acids is 1. The van der Waals surface area contributed by atoms with Crippen LogP contribution in [-0.2, 0) is 14.3 Å². The van der Waals surface area contributed by atoms with Gasteiger partial charge in [0.05, 0.1) is 0 Å². The smallest absolute Gasteiger partial charge is 0.317 e. The zero-order valence-corrected chi connectivity index (χ0v) is 9.28. The first-order valence-corrected chi connectivity index (χ1v) is 5.40. The van der Waals surface area contributed by atoms with E-state index in [1.165, 1.54) is 0 Å². The topological polar surface area (TPSA) is 63.6 Å². The summed E-state index contributed by atoms with van der Waals surface area (Å²) in [4.78, 5) is 21.7. The first-order valence-electron chi connectivity index (χ1n) is 5.40. The third-order valence-electron chi connectivity index (χ3n) is 3.11. The van der Waals surface area contributed by atoms with Crippen LogP contribution in [0.3, 0.4) is 0 Å². The molecule has 1 saturated carbocycles. The Hall–Kier alpha value is -1.06. The van der Waals surface area contributed by atoms with Crippen LogP contribution in [-0.4, -0.2) is 22.6 Å². The zero-order chi connectivity index (χ0) is 11.5. The fourth-order valence-corrected chi connectivity index (χ4v) is 2.16. The lowest BCUT2D eigenvalue weighted by Gasteiger charge is -2.32. The van der Waals surface area contributed by atoms with Crippen molar-refractivity contribution in [2.24, 2.45) is 5.92 Å². The van der Waals surface area contributed by atoms with E-state index in [2.05, 4.69) is 0 Å². The molecule has 4 nitrogen and oxygen atoms in total. The third kappa shape index (κ3) is 2.94. The highest BCUT2D eigenvalue weighted by Gasteiger charge is 2.40. The van der Waals surface area contributed by atoms with Gasteiger partial charge in [-0.2, -0.15) is 0 Å². The summed E-state index contributed by atoms with van der Waals surface area (Å²) in [7, 11) is 0. The van der Waals surface area contributed by atoms with Gasteiger partial charge in [0.25, 0.3) is 0 Å². The highest BCUT2D eigenvalue weighted by atomic mass is 16.6. The van der Waals surface area contributed by atoms with Crippen molar-refractivity contribution in [2.75, 3.05) is 0 Å². The summed E-state index contributed by atoms with van der Waals surface area (Å²) in [5, 5.41) is 8.48. The van der Waals surface area contributed by atoms with Crippen molar-refractivity contribution in [1.29, 1.82) is 0 Å². The Bertz CT molecular complexity index is 251. The average Bonchev–Trinajstić information content (AvgIpc) is 2.52. The van der Waals surface area contributed by atoms with Crippen LogP contribution >= 0.6 is 0 Å². The summed E-state index contributed by atoms with van der Waals surface area (Å²) in [6.45, 7) is 4.03. The Morgan fingerprint density at radius 3 is 2.27 bits per heavy atom. The molecule has 0 heterocycles. The number of carbonyl (C=O) groups is 2. The van der Waals surface area contributed by atoms with Gasteiger partial charge in [-0.1, -0.05) is 13.8 Å². The molecule has 86 valence electrons. The van der Waals surface area contributed by atoms with Gasteiger partial charge in [0.2, 0.25) is 0 Å². The Kier molecular flexibility index (Phi) is 3.72. The van der Waals surface area contributed by atoms with Gasteiger partial charge in [0.15, 0.2) is 0 Å². The highest BCUT2D eigenvalue weighted by molar-refractivity contribution is 5.90. The molecule has 0 atom stereocenters. The summed E-state index contributed by atoms with van der Waals surface area (Å²) in [5.41, 5.74) is -0.410. The van der Waals surface area contributed by atoms with E-state index < -0.39 is 24.0 Å². The Labute approximate surface area is 89.6 Å². The van der Waals surface area contributed by atoms with E-state index in [1.54, 1.807) is 0 Å². The predicted octanol–water partition coefficient (Wildman–Crippen LogP) is 1.97. The van der Waals surface area contributed by atoms with Gasteiger partial charge in [-0.25, -0.2) is 0 Å². The highest BCUT2D eigenvalue weighted by Crippen LogP contribution is 2.39. The molecule has 1 fully saturated rings. The molecule has 1 rings (SSSR count). The fourth-order valence-electron chi connectivity index (χ4n) is 2.16. The van der Waals surface area contributed by atoms with E-state index in [4.69, 9.17) is 9.84 Å². The molecule has 0 amide bonds. The van der Waals surface area contributed by atoms with Gasteiger partial charge < -0.3 is 9.84 Å². The summed E-state index contributed by atoms with van der Waals surface area (Å²) in [6.07, 6.45) is 3.29. The lowest BCUT2D eigenvalue weighted by molar-refractivity contribution is -0.167. The molecule has 4 heteroatoms. The minimum absolute atomic E-state index is 0.248. The summed E-state index contributed by atoms with van der Waals surface area (Å²) >= 11 is 0. The van der Waals surface area contributed by atoms with E-state index in [1.807, 2.05) is 13.8 Å². The average molecular weight is 214 g/mol. The van der Waals surface area contributed by atoms with Crippen molar-refractivity contribution >= 4 is 11.9 Å². The van der Waals surface area contributed by atoms with Crippen molar-refractivity contribution in [1.82, 2.24) is 0 Å². The Balaban J connectivity index is 2.59. The summed E-state index contributed by atoms with van der Waals surface area (Å²) < 4.78 is 5.35. The van der Waals surface area contributed by atoms with E-state index in [-0.39, 0.29) is 5.92 Å². The number of hydrogen-bond acceptors (Lipinski definition) is 3. The molecule has 1 aliphatic rings. The number of rotatable bonds is 4. The van der Waals surface area contributed by atoms with Gasteiger partial charge in [-0.05, 0) is 31.6 Å². The number of carboxylic acid groups (broad SMARTS) is 1. The zero-order valence-electron chi connectivity index (χ0n) is 9.28. The number of esters is 1. The molecular formula is C11H18O4. The molecule has 15 heavy (non-hydrogen) atoms. The number of ether oxygens (including phenoxy) is 1. The van der Waals surface area contributed by atoms with Crippen molar-refractivity contribution in [3.05, 3.63) is 0 Å². The maximum atomic E-state index is 11.3. The molecule has 0 aromatic heterocycles. The molecular weight excluding hydrogens is 196 g/mol. The largest absolute Gasteiger partial charge is 0.481 e. The predicted molar refractivity (Wildman–Crippen MR) is 54.4 cm³/mol. The molecule has 0 aliphatic heterocycles. The first kappa shape index (κ1) is 12.0. The van der Waals surface area contributed by atoms with Crippen molar-refractivity contribution in [2.45, 2.75) is 51.6 Å². The van der Waals surface area contributed by atoms with Gasteiger partial charge in [0.1, 0.15) is 12.0 Å². The normalized spacial score (nSPS) is 19.1. The van der Waals surface area contributed by atoms with Crippen LogP contribution in [0.4, 0.5) is 0 Å². The third-order valence-corrected chi connectivity index (χ3v) is 3.11. The number of aliphatic carboxylic acids is 1. The molecule has 0 unspecified atom stereocenters. The molecule has 0 spiro atoms. The molecule has 0 radical (unpaired) electrons. The van der Waals surface area contributed by atoms with Crippen LogP contribution < -0.4 is 0 Å². The lowest BCUT2D eigenvalue weighted by Crippen LogP contribution is -2.38. The summed E-state index contributed by atoms with van der Waals surface area (Å²) in [5.74, 6) is -1.49. The van der Waals surface area contributed by atoms with Crippen LogP contribution in [0.5, 0.6) is 0 Å². The van der Waals surface area contributed by atoms with Crippen molar-refractivity contribution in [3.63, 3.8) is 0 Å². The van der Waals surface area contributed by atoms with E-state index in [9.17, 15) is 9.59 Å². The van der Waals surface area contributed by atoms with E-state index >= 15 is 0 Å².